The predicted molar refractivity (Wildman–Crippen MR) is 210 cm³/mol. The highest BCUT2D eigenvalue weighted by atomic mass is 32.1. The van der Waals surface area contributed by atoms with Gasteiger partial charge in [-0.3, -0.25) is 0 Å². The predicted octanol–water partition coefficient (Wildman–Crippen LogP) is 13.9. The van der Waals surface area contributed by atoms with E-state index in [9.17, 15) is 15.1 Å². The third kappa shape index (κ3) is 4.62. The summed E-state index contributed by atoms with van der Waals surface area (Å²) >= 11 is 0.720. The Morgan fingerprint density at radius 2 is 1.16 bits per heavy atom. The molecule has 0 aliphatic carbocycles. The fraction of sp³-hybridized carbons (Fsp3) is 0. The molecule has 230 valence electrons. The van der Waals surface area contributed by atoms with Gasteiger partial charge in [0, 0.05) is 42.3 Å². The number of fused-ring (bicyclic) bond motifs is 8. The largest absolute Gasteiger partial charge is 0.455 e. The minimum atomic E-state index is -1.10. The Bertz CT molecular complexity index is 4150. The zero-order valence-corrected chi connectivity index (χ0v) is 25.5. The summed E-state index contributed by atoms with van der Waals surface area (Å²) in [5.74, 6) is 0. The van der Waals surface area contributed by atoms with Crippen LogP contribution in [0.1, 0.15) is 32.9 Å². The van der Waals surface area contributed by atoms with E-state index in [2.05, 4.69) is 0 Å². The molecule has 49 heavy (non-hydrogen) atoms. The number of thiophene rings is 1. The van der Waals surface area contributed by atoms with Crippen LogP contribution in [0.3, 0.4) is 0 Å². The minimum absolute atomic E-state index is 0.0539. The van der Waals surface area contributed by atoms with Crippen molar-refractivity contribution in [2.75, 3.05) is 4.90 Å². The first-order valence-electron chi connectivity index (χ1n) is 26.6. The summed E-state index contributed by atoms with van der Waals surface area (Å²) in [6.45, 7) is 0. The molecule has 0 N–H and O–H groups in total. The Balaban J connectivity index is 1.40. The van der Waals surface area contributed by atoms with Gasteiger partial charge in [0.2, 0.25) is 0 Å². The van der Waals surface area contributed by atoms with Crippen LogP contribution in [0.25, 0.3) is 75.1 Å². The lowest BCUT2D eigenvalue weighted by atomic mass is 10.0. The van der Waals surface area contributed by atoms with Crippen LogP contribution in [0, 0.1) is 0 Å². The maximum Gasteiger partial charge on any atom is 0.143 e. The van der Waals surface area contributed by atoms with Crippen LogP contribution in [0.15, 0.2) is 180 Å². The van der Waals surface area contributed by atoms with Crippen molar-refractivity contribution < 1.29 is 37.3 Å². The van der Waals surface area contributed by atoms with Crippen LogP contribution in [0.5, 0.6) is 0 Å². The van der Waals surface area contributed by atoms with E-state index in [1.165, 1.54) is 12.1 Å². The summed E-state index contributed by atoms with van der Waals surface area (Å²) in [4.78, 5) is 0.607. The molecule has 2 heterocycles. The first-order chi connectivity index (χ1) is 34.3. The van der Waals surface area contributed by atoms with E-state index < -0.39 is 206 Å². The van der Waals surface area contributed by atoms with Crippen LogP contribution >= 0.6 is 11.3 Å². The van der Waals surface area contributed by atoms with Crippen LogP contribution in [0.2, 0.25) is 0 Å². The second-order valence-electron chi connectivity index (χ2n) is 10.6. The van der Waals surface area contributed by atoms with Crippen molar-refractivity contribution in [3.8, 4) is 22.3 Å². The van der Waals surface area contributed by atoms with E-state index in [0.717, 1.165) is 11.3 Å². The van der Waals surface area contributed by atoms with E-state index in [1.807, 2.05) is 0 Å². The highest BCUT2D eigenvalue weighted by molar-refractivity contribution is 7.25. The molecule has 0 radical (unpaired) electrons. The molecule has 2 aromatic heterocycles. The molecule has 0 amide bonds. The van der Waals surface area contributed by atoms with Gasteiger partial charge in [0.1, 0.15) is 11.2 Å². The van der Waals surface area contributed by atoms with E-state index in [0.29, 0.717) is 4.90 Å². The molecule has 0 aliphatic rings. The second kappa shape index (κ2) is 11.2. The number of hydrogen-bond acceptors (Lipinski definition) is 3. The van der Waals surface area contributed by atoms with Gasteiger partial charge in [-0.2, -0.15) is 0 Å². The van der Waals surface area contributed by atoms with E-state index in [1.54, 1.807) is 18.2 Å². The Hall–Kier alpha value is -6.16. The quantitative estimate of drug-likeness (QED) is 0.182. The van der Waals surface area contributed by atoms with Crippen LogP contribution in [-0.4, -0.2) is 0 Å². The summed E-state index contributed by atoms with van der Waals surface area (Å²) in [6, 6.07) is -11.6. The van der Waals surface area contributed by atoms with Crippen molar-refractivity contribution >= 4 is 81.3 Å². The highest BCUT2D eigenvalue weighted by Gasteiger charge is 2.20. The van der Waals surface area contributed by atoms with Gasteiger partial charge in [-0.25, -0.2) is 0 Å². The van der Waals surface area contributed by atoms with Crippen molar-refractivity contribution in [3.05, 3.63) is 175 Å². The number of nitrogens with zero attached hydrogens (tertiary/aromatic N) is 1. The molecule has 0 fully saturated rings. The molecule has 3 heteroatoms. The Labute approximate surface area is 321 Å². The van der Waals surface area contributed by atoms with Gasteiger partial charge in [-0.1, -0.05) is 115 Å². The summed E-state index contributed by atoms with van der Waals surface area (Å²) in [5, 5.41) is -2.44. The fourth-order valence-electron chi connectivity index (χ4n) is 5.59. The van der Waals surface area contributed by atoms with Crippen molar-refractivity contribution in [3.63, 3.8) is 0 Å². The van der Waals surface area contributed by atoms with Crippen LogP contribution in [0.4, 0.5) is 17.1 Å². The fourth-order valence-corrected chi connectivity index (χ4v) is 6.51. The van der Waals surface area contributed by atoms with Gasteiger partial charge < -0.3 is 9.32 Å². The molecule has 8 aromatic carbocycles. The number of furan rings is 1. The molecule has 0 spiro atoms. The molecule has 0 saturated carbocycles. The average Bonchev–Trinajstić information content (AvgIpc) is 3.97. The Kier molecular flexibility index (Phi) is 2.99. The first-order valence-corrected chi connectivity index (χ1v) is 15.5. The number of anilines is 3. The van der Waals surface area contributed by atoms with E-state index >= 15 is 0 Å². The standard InChI is InChI=1S/C46H29NOS/c1-2-9-30(10-3-1)31-17-23-35(24-18-31)47(41-14-8-15-42-45(41)39-27-21-33-11-4-5-12-37(33)46(39)48-42)36-25-19-32(20-26-36)34-22-28-44-40(29-34)38-13-6-7-16-43(38)49-44/h1-29H/i4D,5D,6D,7D,8D,11D,12D,13D,14D,15D,16D,17D,18D,19D,20D,21D,22D,23D,24D,25D,26D,27D,28D,29D. The van der Waals surface area contributed by atoms with Gasteiger partial charge in [0.15, 0.2) is 0 Å². The van der Waals surface area contributed by atoms with Crippen molar-refractivity contribution in [2.24, 2.45) is 0 Å². The monoisotopic (exact) mass is 667 g/mol. The molecule has 10 aromatic rings. The lowest BCUT2D eigenvalue weighted by molar-refractivity contribution is 0.672. The minimum Gasteiger partial charge on any atom is -0.455 e. The topological polar surface area (TPSA) is 16.4 Å². The van der Waals surface area contributed by atoms with Gasteiger partial charge >= 0.3 is 0 Å². The van der Waals surface area contributed by atoms with Crippen molar-refractivity contribution in [2.45, 2.75) is 0 Å². The SMILES string of the molecule is [2H]c1c([2H])c(N(c2c([2H])c([2H])c(-c3c([2H])c([2H])c4sc5c([2H])c([2H])c([2H])c([2H])c5c4c3[2H])c([2H])c2[2H])c2c([2H])c([2H])c([2H])c3oc4c5c([2H])c([2H])c([2H])c([2H])c5c([2H])c([2H])c4c23)c([2H])c([2H])c1-c1ccccc1. The molecule has 2 nitrogen and oxygen atoms in total. The van der Waals surface area contributed by atoms with Crippen LogP contribution in [-0.2, 0) is 0 Å². The van der Waals surface area contributed by atoms with Gasteiger partial charge in [-0.05, 0) is 88.1 Å². The van der Waals surface area contributed by atoms with Gasteiger partial charge in [-0.15, -0.1) is 11.3 Å². The highest BCUT2D eigenvalue weighted by Crippen LogP contribution is 2.45. The summed E-state index contributed by atoms with van der Waals surface area (Å²) in [6.07, 6.45) is 0. The normalized spacial score (nSPS) is 18.5. The smallest absolute Gasteiger partial charge is 0.143 e. The molecule has 0 aliphatic heterocycles. The molecule has 0 atom stereocenters. The summed E-state index contributed by atoms with van der Waals surface area (Å²) in [5.41, 5.74) is -5.25. The average molecular weight is 668 g/mol. The zero-order chi connectivity index (χ0) is 53.2. The lowest BCUT2D eigenvalue weighted by Crippen LogP contribution is -2.10. The molecular weight excluding hydrogens is 615 g/mol. The van der Waals surface area contributed by atoms with Crippen LogP contribution < -0.4 is 4.90 Å². The Morgan fingerprint density at radius 1 is 0.490 bits per heavy atom. The van der Waals surface area contributed by atoms with Crippen molar-refractivity contribution in [1.29, 1.82) is 0 Å². The summed E-state index contributed by atoms with van der Waals surface area (Å²) < 4.78 is 224. The maximum atomic E-state index is 9.69. The Morgan fingerprint density at radius 3 is 1.96 bits per heavy atom. The number of hydrogen-bond donors (Lipinski definition) is 0. The van der Waals surface area contributed by atoms with Crippen molar-refractivity contribution in [1.82, 2.24) is 0 Å². The third-order valence-electron chi connectivity index (χ3n) is 7.82. The van der Waals surface area contributed by atoms with E-state index in [-0.39, 0.29) is 31.3 Å². The van der Waals surface area contributed by atoms with Gasteiger partial charge in [0.25, 0.3) is 0 Å². The molecule has 10 rings (SSSR count). The molecular formula is C46H29NOS. The molecule has 0 saturated heterocycles. The third-order valence-corrected chi connectivity index (χ3v) is 8.84. The summed E-state index contributed by atoms with van der Waals surface area (Å²) in [7, 11) is 0. The number of rotatable bonds is 5. The second-order valence-corrected chi connectivity index (χ2v) is 11.7. The first kappa shape index (κ1) is 13.0. The molecule has 0 unspecified atom stereocenters. The zero-order valence-electron chi connectivity index (χ0n) is 48.7. The van der Waals surface area contributed by atoms with E-state index in [4.69, 9.17) is 22.2 Å². The maximum absolute atomic E-state index is 9.69. The van der Waals surface area contributed by atoms with Gasteiger partial charge in [0.05, 0.1) is 44.0 Å². The molecule has 0 bridgehead atoms. The lowest BCUT2D eigenvalue weighted by Gasteiger charge is -2.26. The number of benzene rings is 8.